The van der Waals surface area contributed by atoms with Crippen LogP contribution in [0.15, 0.2) is 24.3 Å². The first kappa shape index (κ1) is 22.5. The number of phosphoric acid groups is 1. The molecule has 0 amide bonds. The monoisotopic (exact) mass is 364 g/mol. The second-order valence-electron chi connectivity index (χ2n) is 5.10. The summed E-state index contributed by atoms with van der Waals surface area (Å²) in [5, 5.41) is 0. The molecule has 0 fully saturated rings. The summed E-state index contributed by atoms with van der Waals surface area (Å²) in [5.74, 6) is -1.16. The summed E-state index contributed by atoms with van der Waals surface area (Å²) in [6.07, 6.45) is -0.424. The Kier molecular flexibility index (Phi) is 10.5. The van der Waals surface area contributed by atoms with E-state index in [0.29, 0.717) is 0 Å². The minimum atomic E-state index is -3.87. The molecule has 0 N–H and O–H groups in total. The van der Waals surface area contributed by atoms with Crippen LogP contribution in [0.2, 0.25) is 0 Å². The van der Waals surface area contributed by atoms with Crippen molar-refractivity contribution in [3.05, 3.63) is 24.3 Å². The van der Waals surface area contributed by atoms with E-state index in [1.54, 1.807) is 13.8 Å². The molecule has 0 spiro atoms. The summed E-state index contributed by atoms with van der Waals surface area (Å²) < 4.78 is 37.3. The second kappa shape index (κ2) is 11.1. The Bertz CT molecular complexity index is 474. The minimum Gasteiger partial charge on any atom is -0.460 e. The number of rotatable bonds is 12. The highest BCUT2D eigenvalue weighted by molar-refractivity contribution is 7.48. The van der Waals surface area contributed by atoms with Crippen molar-refractivity contribution in [2.45, 2.75) is 33.8 Å². The lowest BCUT2D eigenvalue weighted by Crippen LogP contribution is -2.15. The molecule has 8 nitrogen and oxygen atoms in total. The second-order valence-corrected chi connectivity index (χ2v) is 6.72. The zero-order chi connectivity index (χ0) is 18.8. The van der Waals surface area contributed by atoms with Gasteiger partial charge in [0.1, 0.15) is 13.2 Å². The fourth-order valence-corrected chi connectivity index (χ4v) is 2.48. The van der Waals surface area contributed by atoms with Gasteiger partial charge in [0, 0.05) is 11.1 Å². The van der Waals surface area contributed by atoms with E-state index in [-0.39, 0.29) is 37.6 Å². The van der Waals surface area contributed by atoms with E-state index in [1.165, 1.54) is 13.8 Å². The van der Waals surface area contributed by atoms with Gasteiger partial charge in [-0.05, 0) is 27.7 Å². The van der Waals surface area contributed by atoms with Crippen molar-refractivity contribution in [3.63, 3.8) is 0 Å². The van der Waals surface area contributed by atoms with E-state index in [9.17, 15) is 14.2 Å². The Morgan fingerprint density at radius 1 is 0.875 bits per heavy atom. The van der Waals surface area contributed by atoms with E-state index >= 15 is 0 Å². The highest BCUT2D eigenvalue weighted by Crippen LogP contribution is 2.50. The van der Waals surface area contributed by atoms with Gasteiger partial charge in [0.2, 0.25) is 0 Å². The Morgan fingerprint density at radius 2 is 1.25 bits per heavy atom. The number of ether oxygens (including phenoxy) is 2. The Balaban J connectivity index is 4.33. The van der Waals surface area contributed by atoms with Crippen LogP contribution in [0.4, 0.5) is 0 Å². The maximum atomic E-state index is 12.4. The van der Waals surface area contributed by atoms with Gasteiger partial charge in [0.25, 0.3) is 0 Å². The summed E-state index contributed by atoms with van der Waals surface area (Å²) in [6.45, 7) is 12.5. The number of carbonyl (C=O) groups excluding carboxylic acids is 2. The van der Waals surface area contributed by atoms with Gasteiger partial charge >= 0.3 is 19.8 Å². The fourth-order valence-electron chi connectivity index (χ4n) is 1.17. The molecule has 0 rings (SSSR count). The summed E-state index contributed by atoms with van der Waals surface area (Å²) in [4.78, 5) is 22.4. The van der Waals surface area contributed by atoms with Crippen molar-refractivity contribution in [1.29, 1.82) is 0 Å². The maximum absolute atomic E-state index is 12.4. The quantitative estimate of drug-likeness (QED) is 0.226. The average Bonchev–Trinajstić information content (AvgIpc) is 2.46. The molecule has 0 heterocycles. The number of carbonyl (C=O) groups is 2. The van der Waals surface area contributed by atoms with Crippen molar-refractivity contribution in [3.8, 4) is 0 Å². The van der Waals surface area contributed by atoms with E-state index in [4.69, 9.17) is 23.0 Å². The van der Waals surface area contributed by atoms with Gasteiger partial charge in [-0.3, -0.25) is 13.6 Å². The molecule has 0 saturated heterocycles. The molecule has 0 aliphatic rings. The van der Waals surface area contributed by atoms with E-state index in [1.807, 2.05) is 0 Å². The minimum absolute atomic E-state index is 0.134. The SMILES string of the molecule is C=C(C)C(=O)OCCOP(=O)(OCCOC(=O)C(=C)C)OC(C)C. The molecule has 0 bridgehead atoms. The first-order valence-electron chi connectivity index (χ1n) is 7.30. The number of hydrogen-bond acceptors (Lipinski definition) is 8. The van der Waals surface area contributed by atoms with E-state index in [2.05, 4.69) is 13.2 Å². The summed E-state index contributed by atoms with van der Waals surface area (Å²) >= 11 is 0. The third kappa shape index (κ3) is 10.3. The predicted octanol–water partition coefficient (Wildman–Crippen LogP) is 2.79. The van der Waals surface area contributed by atoms with Gasteiger partial charge in [-0.15, -0.1) is 0 Å². The first-order valence-corrected chi connectivity index (χ1v) is 8.76. The fraction of sp³-hybridized carbons (Fsp3) is 0.600. The third-order valence-electron chi connectivity index (χ3n) is 2.17. The average molecular weight is 364 g/mol. The predicted molar refractivity (Wildman–Crippen MR) is 87.3 cm³/mol. The van der Waals surface area contributed by atoms with Crippen LogP contribution in [0.1, 0.15) is 27.7 Å². The van der Waals surface area contributed by atoms with Crippen LogP contribution in [0, 0.1) is 0 Å². The molecule has 138 valence electrons. The van der Waals surface area contributed by atoms with Crippen molar-refractivity contribution >= 4 is 19.8 Å². The van der Waals surface area contributed by atoms with Crippen molar-refractivity contribution in [2.24, 2.45) is 0 Å². The zero-order valence-corrected chi connectivity index (χ0v) is 15.4. The molecular weight excluding hydrogens is 339 g/mol. The van der Waals surface area contributed by atoms with Gasteiger partial charge in [0.05, 0.1) is 19.3 Å². The lowest BCUT2D eigenvalue weighted by molar-refractivity contribution is -0.140. The molecule has 0 radical (unpaired) electrons. The zero-order valence-electron chi connectivity index (χ0n) is 14.5. The van der Waals surface area contributed by atoms with Gasteiger partial charge in [-0.2, -0.15) is 0 Å². The summed E-state index contributed by atoms with van der Waals surface area (Å²) in [7, 11) is -3.87. The van der Waals surface area contributed by atoms with Crippen LogP contribution in [0.5, 0.6) is 0 Å². The van der Waals surface area contributed by atoms with Crippen molar-refractivity contribution in [2.75, 3.05) is 26.4 Å². The van der Waals surface area contributed by atoms with E-state index in [0.717, 1.165) is 0 Å². The molecule has 0 aliphatic heterocycles. The van der Waals surface area contributed by atoms with Crippen LogP contribution in [0.25, 0.3) is 0 Å². The van der Waals surface area contributed by atoms with Crippen LogP contribution in [-0.4, -0.2) is 44.5 Å². The highest BCUT2D eigenvalue weighted by atomic mass is 31.2. The molecule has 0 saturated carbocycles. The molecule has 0 aromatic rings. The molecule has 24 heavy (non-hydrogen) atoms. The van der Waals surface area contributed by atoms with Crippen molar-refractivity contribution < 1.29 is 37.2 Å². The lowest BCUT2D eigenvalue weighted by atomic mass is 10.4. The summed E-state index contributed by atoms with van der Waals surface area (Å²) in [5.41, 5.74) is 0.486. The molecule has 0 aromatic heterocycles. The highest BCUT2D eigenvalue weighted by Gasteiger charge is 2.28. The van der Waals surface area contributed by atoms with E-state index < -0.39 is 25.9 Å². The van der Waals surface area contributed by atoms with Gasteiger partial charge < -0.3 is 9.47 Å². The third-order valence-corrected chi connectivity index (χ3v) is 3.85. The smallest absolute Gasteiger partial charge is 0.460 e. The van der Waals surface area contributed by atoms with Crippen LogP contribution >= 0.6 is 7.82 Å². The molecule has 0 atom stereocenters. The maximum Gasteiger partial charge on any atom is 0.475 e. The molecular formula is C15H25O8P. The first-order chi connectivity index (χ1) is 11.1. The van der Waals surface area contributed by atoms with Gasteiger partial charge in [0.15, 0.2) is 0 Å². The van der Waals surface area contributed by atoms with Crippen molar-refractivity contribution in [1.82, 2.24) is 0 Å². The van der Waals surface area contributed by atoms with Crippen LogP contribution in [-0.2, 0) is 37.2 Å². The Labute approximate surface area is 142 Å². The molecule has 0 aliphatic carbocycles. The van der Waals surface area contributed by atoms with Crippen LogP contribution < -0.4 is 0 Å². The Hall–Kier alpha value is -1.47. The van der Waals surface area contributed by atoms with Gasteiger partial charge in [-0.1, -0.05) is 13.2 Å². The normalized spacial score (nSPS) is 11.2. The largest absolute Gasteiger partial charge is 0.475 e. The number of hydrogen-bond donors (Lipinski definition) is 0. The lowest BCUT2D eigenvalue weighted by Gasteiger charge is -2.20. The standard InChI is InChI=1S/C15H25O8P/c1-11(2)14(16)19-7-9-21-24(18,23-13(5)6)22-10-8-20-15(17)12(3)4/h13H,1,3,7-10H2,2,4-6H3. The molecule has 0 unspecified atom stereocenters. The number of phosphoric ester groups is 1. The number of esters is 2. The Morgan fingerprint density at radius 3 is 1.54 bits per heavy atom. The molecule has 0 aromatic carbocycles. The van der Waals surface area contributed by atoms with Crippen LogP contribution in [0.3, 0.4) is 0 Å². The van der Waals surface area contributed by atoms with Gasteiger partial charge in [-0.25, -0.2) is 14.2 Å². The topological polar surface area (TPSA) is 97.4 Å². The summed E-state index contributed by atoms with van der Waals surface area (Å²) in [6, 6.07) is 0. The molecule has 9 heteroatoms.